The molecule has 0 aliphatic carbocycles. The van der Waals surface area contributed by atoms with Gasteiger partial charge < -0.3 is 24.7 Å². The van der Waals surface area contributed by atoms with Crippen LogP contribution in [0.25, 0.3) is 33.3 Å². The lowest BCUT2D eigenvalue weighted by atomic mass is 9.84. The Balaban J connectivity index is 1.24. The summed E-state index contributed by atoms with van der Waals surface area (Å²) < 4.78 is 29.2. The monoisotopic (exact) mass is 864 g/mol. The number of nitrogens with one attached hydrogen (secondary N) is 3. The van der Waals surface area contributed by atoms with Crippen molar-refractivity contribution in [2.45, 2.75) is 118 Å². The minimum absolute atomic E-state index is 0.00201. The molecule has 6 bridgehead atoms. The highest BCUT2D eigenvalue weighted by atomic mass is 19.1. The number of hydrazine groups is 1. The maximum Gasteiger partial charge on any atom is 0.324 e. The number of amides is 2. The summed E-state index contributed by atoms with van der Waals surface area (Å²) in [6.45, 7) is 16.6. The number of methoxy groups -OCH3 is 1. The molecule has 2 aromatic heterocycles. The number of ether oxygens (including phenoxy) is 2. The molecular weight excluding hydrogens is 798 g/mol. The molecular formula is C50H66FN7O5. The second-order valence-electron chi connectivity index (χ2n) is 19.7. The molecule has 2 amide bonds. The van der Waals surface area contributed by atoms with Crippen molar-refractivity contribution in [1.29, 1.82) is 0 Å². The van der Waals surface area contributed by atoms with Gasteiger partial charge in [-0.05, 0) is 129 Å². The predicted molar refractivity (Wildman–Crippen MR) is 243 cm³/mol. The van der Waals surface area contributed by atoms with Crippen molar-refractivity contribution in [1.82, 2.24) is 35.5 Å². The van der Waals surface area contributed by atoms with Crippen LogP contribution in [0.5, 0.6) is 0 Å². The van der Waals surface area contributed by atoms with Gasteiger partial charge in [-0.25, -0.2) is 9.82 Å². The number of hydrogen-bond acceptors (Lipinski definition) is 9. The van der Waals surface area contributed by atoms with Crippen molar-refractivity contribution < 1.29 is 28.2 Å². The first-order chi connectivity index (χ1) is 30.2. The van der Waals surface area contributed by atoms with Crippen LogP contribution in [0.2, 0.25) is 0 Å². The van der Waals surface area contributed by atoms with Gasteiger partial charge in [-0.1, -0.05) is 45.9 Å². The van der Waals surface area contributed by atoms with Crippen LogP contribution in [-0.2, 0) is 49.9 Å². The van der Waals surface area contributed by atoms with Crippen molar-refractivity contribution in [2.24, 2.45) is 16.7 Å². The Kier molecular flexibility index (Phi) is 13.1. The summed E-state index contributed by atoms with van der Waals surface area (Å²) in [7, 11) is 1.69. The highest BCUT2D eigenvalue weighted by molar-refractivity contribution is 5.95. The molecule has 63 heavy (non-hydrogen) atoms. The van der Waals surface area contributed by atoms with Gasteiger partial charge in [0.2, 0.25) is 5.91 Å². The minimum Gasteiger partial charge on any atom is -0.464 e. The smallest absolute Gasteiger partial charge is 0.324 e. The number of nitrogens with zero attached hydrogens (tertiary/aromatic N) is 4. The van der Waals surface area contributed by atoms with E-state index in [-0.39, 0.29) is 42.3 Å². The molecule has 0 saturated carbocycles. The summed E-state index contributed by atoms with van der Waals surface area (Å²) >= 11 is 0. The SMILES string of the molecule is CCn1c(-c2cccnc2[C@H](C)OC)c2c3cc(ccc31)-c1cc(CF)cc(c1)C[C@H](NC(=O)[C@H](C(C)C)N1CC[C@]3(CCNC3)C1)C(=O)N1CCC[C@H](N1)C(=O)OCC(C)(C)C2. The van der Waals surface area contributed by atoms with Crippen LogP contribution >= 0.6 is 0 Å². The molecule has 4 aliphatic heterocycles. The third-order valence-corrected chi connectivity index (χ3v) is 14.0. The highest BCUT2D eigenvalue weighted by Gasteiger charge is 2.45. The zero-order valence-electron chi connectivity index (χ0n) is 38.2. The van der Waals surface area contributed by atoms with Gasteiger partial charge >= 0.3 is 5.97 Å². The highest BCUT2D eigenvalue weighted by Crippen LogP contribution is 2.42. The number of esters is 1. The number of halogens is 1. The maximum absolute atomic E-state index is 14.9. The zero-order chi connectivity index (χ0) is 44.6. The van der Waals surface area contributed by atoms with E-state index in [2.05, 4.69) is 84.4 Å². The second-order valence-corrected chi connectivity index (χ2v) is 19.7. The molecule has 3 saturated heterocycles. The number of carbonyl (C=O) groups is 3. The van der Waals surface area contributed by atoms with Crippen molar-refractivity contribution >= 4 is 28.7 Å². The number of likely N-dealkylation sites (tertiary alicyclic amines) is 1. The summed E-state index contributed by atoms with van der Waals surface area (Å²) in [6, 6.07) is 14.0. The number of carbonyl (C=O) groups excluding carboxylic acids is 3. The zero-order valence-corrected chi connectivity index (χ0v) is 38.2. The molecule has 0 unspecified atom stereocenters. The number of pyridine rings is 1. The topological polar surface area (TPSA) is 130 Å². The average Bonchev–Trinajstić information content (AvgIpc) is 4.00. The van der Waals surface area contributed by atoms with Gasteiger partial charge in [-0.2, -0.15) is 0 Å². The largest absolute Gasteiger partial charge is 0.464 e. The molecule has 4 aliphatic rings. The number of aryl methyl sites for hydroxylation is 1. The van der Waals surface area contributed by atoms with E-state index >= 15 is 0 Å². The Bertz CT molecular complexity index is 2340. The van der Waals surface area contributed by atoms with Crippen LogP contribution in [0.1, 0.15) is 95.7 Å². The Labute approximate surface area is 371 Å². The number of aromatic nitrogens is 2. The molecule has 0 radical (unpaired) electrons. The lowest BCUT2D eigenvalue weighted by Crippen LogP contribution is -2.62. The van der Waals surface area contributed by atoms with Gasteiger partial charge in [0.05, 0.1) is 30.1 Å². The van der Waals surface area contributed by atoms with E-state index in [0.717, 1.165) is 89.1 Å². The lowest BCUT2D eigenvalue weighted by molar-refractivity contribution is -0.155. The van der Waals surface area contributed by atoms with E-state index in [1.54, 1.807) is 19.4 Å². The van der Waals surface area contributed by atoms with E-state index in [0.29, 0.717) is 37.9 Å². The lowest BCUT2D eigenvalue weighted by Gasteiger charge is -2.37. The molecule has 2 aromatic carbocycles. The molecule has 4 aromatic rings. The van der Waals surface area contributed by atoms with E-state index in [1.165, 1.54) is 5.01 Å². The Morgan fingerprint density at radius 2 is 1.90 bits per heavy atom. The Morgan fingerprint density at radius 1 is 1.08 bits per heavy atom. The first kappa shape index (κ1) is 44.9. The van der Waals surface area contributed by atoms with Crippen LogP contribution in [0.4, 0.5) is 4.39 Å². The summed E-state index contributed by atoms with van der Waals surface area (Å²) in [4.78, 5) is 50.4. The number of cyclic esters (lactones) is 1. The van der Waals surface area contributed by atoms with Crippen molar-refractivity contribution in [3.05, 3.63) is 77.1 Å². The van der Waals surface area contributed by atoms with Gasteiger partial charge in [0, 0.05) is 67.8 Å². The summed E-state index contributed by atoms with van der Waals surface area (Å²) in [5.74, 6) is -0.963. The number of alkyl halides is 1. The third kappa shape index (κ3) is 9.16. The van der Waals surface area contributed by atoms with Crippen LogP contribution in [-0.4, -0.2) is 102 Å². The van der Waals surface area contributed by atoms with E-state index in [9.17, 15) is 18.8 Å². The number of hydrogen-bond donors (Lipinski definition) is 3. The number of benzene rings is 2. The molecule has 3 fully saturated rings. The minimum atomic E-state index is -0.982. The molecule has 13 heteroatoms. The quantitative estimate of drug-likeness (QED) is 0.154. The van der Waals surface area contributed by atoms with Gasteiger partial charge in [-0.15, -0.1) is 0 Å². The van der Waals surface area contributed by atoms with E-state index < -0.39 is 36.2 Å². The first-order valence-corrected chi connectivity index (χ1v) is 23.1. The first-order valence-electron chi connectivity index (χ1n) is 23.1. The van der Waals surface area contributed by atoms with Crippen LogP contribution in [0.3, 0.4) is 0 Å². The second kappa shape index (κ2) is 18.4. The van der Waals surface area contributed by atoms with Gasteiger partial charge in [-0.3, -0.25) is 29.3 Å². The molecule has 5 atom stereocenters. The van der Waals surface area contributed by atoms with Gasteiger partial charge in [0.15, 0.2) is 0 Å². The van der Waals surface area contributed by atoms with Crippen molar-refractivity contribution in [3.8, 4) is 22.4 Å². The summed E-state index contributed by atoms with van der Waals surface area (Å²) in [6.07, 6.45) is 5.44. The van der Waals surface area contributed by atoms with Crippen molar-refractivity contribution in [2.75, 3.05) is 46.4 Å². The Hall–Kier alpha value is -4.69. The molecule has 3 N–H and O–H groups in total. The maximum atomic E-state index is 14.9. The standard InChI is InChI=1S/C50H66FN7O5/c1-8-57-42-14-13-35-25-38(42)39(45(57)37-11-9-17-53-43(37)32(4)62-7)26-49(5,6)30-63-48(61)40-12-10-19-58(55-40)47(60)41(24-33-21-34(27-51)23-36(35)22-33)54-46(59)44(31(2)3)56-20-16-50(29-56)15-18-52-28-50/h9,11,13-14,17,21-23,25,31-32,40-41,44,52,55H,8,10,12,15-16,18-20,24,26-30H2,1-7H3,(H,54,59)/t32-,40-,41-,44-,50-/m0/s1. The summed E-state index contributed by atoms with van der Waals surface area (Å²) in [5.41, 5.74) is 10.8. The molecule has 6 heterocycles. The van der Waals surface area contributed by atoms with E-state index in [4.69, 9.17) is 14.5 Å². The number of fused-ring (bicyclic) bond motifs is 6. The molecule has 1 spiro atoms. The predicted octanol–water partition coefficient (Wildman–Crippen LogP) is 6.93. The fourth-order valence-corrected chi connectivity index (χ4v) is 10.7. The van der Waals surface area contributed by atoms with Crippen LogP contribution in [0, 0.1) is 16.7 Å². The molecule has 12 nitrogen and oxygen atoms in total. The van der Waals surface area contributed by atoms with Crippen LogP contribution in [0.15, 0.2) is 54.7 Å². The Morgan fingerprint density at radius 3 is 2.63 bits per heavy atom. The van der Waals surface area contributed by atoms with Crippen molar-refractivity contribution in [3.63, 3.8) is 0 Å². The number of rotatable bonds is 9. The van der Waals surface area contributed by atoms with Gasteiger partial charge in [0.25, 0.3) is 5.91 Å². The van der Waals surface area contributed by atoms with Gasteiger partial charge in [0.1, 0.15) is 18.8 Å². The molecule has 338 valence electrons. The fourth-order valence-electron chi connectivity index (χ4n) is 10.7. The third-order valence-electron chi connectivity index (χ3n) is 14.0. The van der Waals surface area contributed by atoms with E-state index in [1.807, 2.05) is 25.1 Å². The average molecular weight is 864 g/mol. The normalized spacial score (nSPS) is 24.2. The molecule has 8 rings (SSSR count). The van der Waals surface area contributed by atoms with Crippen LogP contribution < -0.4 is 16.1 Å². The fraction of sp³-hybridized carbons (Fsp3) is 0.560. The summed E-state index contributed by atoms with van der Waals surface area (Å²) in [5, 5.41) is 9.25.